The van der Waals surface area contributed by atoms with Crippen molar-refractivity contribution < 1.29 is 26.5 Å². The fourth-order valence-electron chi connectivity index (χ4n) is 2.53. The van der Waals surface area contributed by atoms with Crippen LogP contribution >= 0.6 is 0 Å². The molecule has 0 spiro atoms. The molecule has 26 heavy (non-hydrogen) atoms. The third kappa shape index (κ3) is 3.95. The molecule has 0 unspecified atom stereocenters. The molecular formula is C14H15F3N4O4S. The van der Waals surface area contributed by atoms with E-state index in [1.165, 1.54) is 31.1 Å². The molecule has 0 fully saturated rings. The maximum atomic E-state index is 13.1. The van der Waals surface area contributed by atoms with Crippen molar-refractivity contribution in [2.45, 2.75) is 17.6 Å². The van der Waals surface area contributed by atoms with Crippen molar-refractivity contribution in [3.05, 3.63) is 45.8 Å². The first-order chi connectivity index (χ1) is 11.8. The number of alkyl halides is 3. The predicted molar refractivity (Wildman–Crippen MR) is 86.5 cm³/mol. The molecule has 0 aliphatic heterocycles. The number of halogens is 3. The van der Waals surface area contributed by atoms with E-state index < -0.39 is 37.2 Å². The molecule has 0 aliphatic rings. The molecule has 0 atom stereocenters. The lowest BCUT2D eigenvalue weighted by molar-refractivity contribution is -0.387. The number of nitro benzene ring substituents is 1. The highest BCUT2D eigenvalue weighted by Gasteiger charge is 2.37. The second kappa shape index (κ2) is 6.59. The van der Waals surface area contributed by atoms with Crippen molar-refractivity contribution in [1.29, 1.82) is 0 Å². The fraction of sp³-hybridized carbons (Fsp3) is 0.357. The molecule has 2 rings (SSSR count). The Balaban J connectivity index is 2.53. The number of hydrogen-bond acceptors (Lipinski definition) is 6. The SMILES string of the molecule is CN(Cc1cn(C)nc1C(F)(F)F)c1cccc(S(C)(=O)=O)c1[N+](=O)[O-]. The van der Waals surface area contributed by atoms with Crippen LogP contribution in [-0.4, -0.2) is 36.4 Å². The van der Waals surface area contributed by atoms with Gasteiger partial charge in [-0.1, -0.05) is 6.07 Å². The number of sulfone groups is 1. The summed E-state index contributed by atoms with van der Waals surface area (Å²) >= 11 is 0. The van der Waals surface area contributed by atoms with Crippen LogP contribution in [0.3, 0.4) is 0 Å². The van der Waals surface area contributed by atoms with Crippen LogP contribution in [0.15, 0.2) is 29.3 Å². The first kappa shape index (κ1) is 19.7. The Hall–Kier alpha value is -2.63. The van der Waals surface area contributed by atoms with E-state index in [-0.39, 0.29) is 17.8 Å². The van der Waals surface area contributed by atoms with Crippen LogP contribution in [0.4, 0.5) is 24.5 Å². The van der Waals surface area contributed by atoms with E-state index in [0.717, 1.165) is 23.2 Å². The minimum absolute atomic E-state index is 0.116. The lowest BCUT2D eigenvalue weighted by Gasteiger charge is -2.20. The van der Waals surface area contributed by atoms with Gasteiger partial charge in [-0.3, -0.25) is 14.8 Å². The number of anilines is 1. The number of rotatable bonds is 5. The Morgan fingerprint density at radius 3 is 2.46 bits per heavy atom. The molecule has 1 aromatic carbocycles. The maximum absolute atomic E-state index is 13.1. The van der Waals surface area contributed by atoms with E-state index in [1.807, 2.05) is 0 Å². The molecule has 0 aliphatic carbocycles. The van der Waals surface area contributed by atoms with Crippen molar-refractivity contribution in [3.63, 3.8) is 0 Å². The number of aromatic nitrogens is 2. The second-order valence-electron chi connectivity index (χ2n) is 5.68. The van der Waals surface area contributed by atoms with Gasteiger partial charge < -0.3 is 4.90 Å². The van der Waals surface area contributed by atoms with E-state index in [4.69, 9.17) is 0 Å². The number of nitro groups is 1. The van der Waals surface area contributed by atoms with Gasteiger partial charge in [0.15, 0.2) is 15.5 Å². The number of hydrogen-bond donors (Lipinski definition) is 0. The van der Waals surface area contributed by atoms with Crippen LogP contribution in [0.5, 0.6) is 0 Å². The molecule has 0 radical (unpaired) electrons. The van der Waals surface area contributed by atoms with Crippen LogP contribution in [0.25, 0.3) is 0 Å². The van der Waals surface area contributed by atoms with E-state index in [0.29, 0.717) is 0 Å². The minimum Gasteiger partial charge on any atom is -0.365 e. The van der Waals surface area contributed by atoms with Gasteiger partial charge in [0.1, 0.15) is 10.6 Å². The second-order valence-corrected chi connectivity index (χ2v) is 7.67. The Morgan fingerprint density at radius 1 is 1.35 bits per heavy atom. The van der Waals surface area contributed by atoms with Gasteiger partial charge in [0, 0.05) is 38.7 Å². The van der Waals surface area contributed by atoms with Crippen LogP contribution in [-0.2, 0) is 29.6 Å². The lowest BCUT2D eigenvalue weighted by Crippen LogP contribution is -2.21. The summed E-state index contributed by atoms with van der Waals surface area (Å²) in [7, 11) is -1.24. The highest BCUT2D eigenvalue weighted by atomic mass is 32.2. The first-order valence-electron chi connectivity index (χ1n) is 7.10. The average Bonchev–Trinajstić information content (AvgIpc) is 2.86. The highest BCUT2D eigenvalue weighted by Crippen LogP contribution is 2.36. The molecule has 0 saturated heterocycles. The first-order valence-corrected chi connectivity index (χ1v) is 9.00. The summed E-state index contributed by atoms with van der Waals surface area (Å²) in [5.74, 6) is 0. The van der Waals surface area contributed by atoms with Crippen molar-refractivity contribution >= 4 is 21.2 Å². The van der Waals surface area contributed by atoms with Crippen LogP contribution in [0.1, 0.15) is 11.3 Å². The molecule has 0 saturated carbocycles. The Morgan fingerprint density at radius 2 is 1.96 bits per heavy atom. The maximum Gasteiger partial charge on any atom is 0.435 e. The van der Waals surface area contributed by atoms with Gasteiger partial charge in [-0.25, -0.2) is 8.42 Å². The third-order valence-corrected chi connectivity index (χ3v) is 4.68. The van der Waals surface area contributed by atoms with E-state index in [1.54, 1.807) is 0 Å². The standard InChI is InChI=1S/C14H15F3N4O4S/c1-19(7-9-8-20(2)18-13(9)14(15,16)17)10-5-4-6-11(26(3,24)25)12(10)21(22)23/h4-6,8H,7H2,1-3H3. The van der Waals surface area contributed by atoms with E-state index in [9.17, 15) is 31.7 Å². The fourth-order valence-corrected chi connectivity index (χ4v) is 3.39. The summed E-state index contributed by atoms with van der Waals surface area (Å²) in [4.78, 5) is 11.2. The summed E-state index contributed by atoms with van der Waals surface area (Å²) in [6.07, 6.45) is -2.70. The molecule has 0 bridgehead atoms. The Kier molecular flexibility index (Phi) is 4.99. The number of nitrogens with zero attached hydrogens (tertiary/aromatic N) is 4. The zero-order chi connectivity index (χ0) is 19.9. The van der Waals surface area contributed by atoms with Crippen molar-refractivity contribution in [2.24, 2.45) is 7.05 Å². The zero-order valence-electron chi connectivity index (χ0n) is 14.0. The van der Waals surface area contributed by atoms with E-state index in [2.05, 4.69) is 5.10 Å². The molecule has 8 nitrogen and oxygen atoms in total. The van der Waals surface area contributed by atoms with E-state index >= 15 is 0 Å². The van der Waals surface area contributed by atoms with Crippen molar-refractivity contribution in [1.82, 2.24) is 9.78 Å². The van der Waals surface area contributed by atoms with Gasteiger partial charge in [-0.15, -0.1) is 0 Å². The summed E-state index contributed by atoms with van der Waals surface area (Å²) < 4.78 is 63.8. The molecular weight excluding hydrogens is 377 g/mol. The van der Waals surface area contributed by atoms with Gasteiger partial charge in [0.25, 0.3) is 0 Å². The Labute approximate surface area is 146 Å². The molecule has 12 heteroatoms. The van der Waals surface area contributed by atoms with Gasteiger partial charge in [-0.05, 0) is 12.1 Å². The molecule has 0 amide bonds. The number of benzene rings is 1. The van der Waals surface area contributed by atoms with Crippen molar-refractivity contribution in [2.75, 3.05) is 18.2 Å². The van der Waals surface area contributed by atoms with Crippen molar-refractivity contribution in [3.8, 4) is 0 Å². The number of aryl methyl sites for hydroxylation is 1. The van der Waals surface area contributed by atoms with Crippen LogP contribution in [0.2, 0.25) is 0 Å². The highest BCUT2D eigenvalue weighted by molar-refractivity contribution is 7.90. The summed E-state index contributed by atoms with van der Waals surface area (Å²) in [5, 5.41) is 14.8. The van der Waals surface area contributed by atoms with Gasteiger partial charge >= 0.3 is 11.9 Å². The van der Waals surface area contributed by atoms with Crippen LogP contribution < -0.4 is 4.90 Å². The molecule has 0 N–H and O–H groups in total. The summed E-state index contributed by atoms with van der Waals surface area (Å²) in [6.45, 7) is -0.350. The summed E-state index contributed by atoms with van der Waals surface area (Å²) in [5.41, 5.74) is -2.10. The topological polar surface area (TPSA) is 98.3 Å². The molecule has 2 aromatic rings. The smallest absolute Gasteiger partial charge is 0.365 e. The predicted octanol–water partition coefficient (Wildman–Crippen LogP) is 2.39. The van der Waals surface area contributed by atoms with Gasteiger partial charge in [-0.2, -0.15) is 18.3 Å². The summed E-state index contributed by atoms with van der Waals surface area (Å²) in [6, 6.07) is 3.65. The minimum atomic E-state index is -4.68. The Bertz CT molecular complexity index is 954. The van der Waals surface area contributed by atoms with Gasteiger partial charge in [0.2, 0.25) is 0 Å². The zero-order valence-corrected chi connectivity index (χ0v) is 14.8. The quantitative estimate of drug-likeness (QED) is 0.572. The monoisotopic (exact) mass is 392 g/mol. The number of para-hydroxylation sites is 1. The normalized spacial score (nSPS) is 12.2. The van der Waals surface area contributed by atoms with Crippen LogP contribution in [0, 0.1) is 10.1 Å². The third-order valence-electron chi connectivity index (χ3n) is 3.55. The largest absolute Gasteiger partial charge is 0.435 e. The molecule has 1 aromatic heterocycles. The average molecular weight is 392 g/mol. The molecule has 1 heterocycles. The van der Waals surface area contributed by atoms with Gasteiger partial charge in [0.05, 0.1) is 4.92 Å². The molecule has 142 valence electrons. The lowest BCUT2D eigenvalue weighted by atomic mass is 10.2.